The third-order valence-corrected chi connectivity index (χ3v) is 4.89. The highest BCUT2D eigenvalue weighted by atomic mass is 16.5. The maximum Gasteiger partial charge on any atom is 0.159 e. The van der Waals surface area contributed by atoms with Gasteiger partial charge in [-0.2, -0.15) is 0 Å². The standard InChI is InChI=1S/C21H26N2O4/c1-16(24)17-3-2-4-21(13-17)27-15-20(26)14-22-9-11-23(12-10-22)18-5-7-19(25)8-6-18/h2-8,13,20,25-26H,9-12,14-15H2,1H3/p+1/t20-/m1/s1. The van der Waals surface area contributed by atoms with Crippen molar-refractivity contribution >= 4 is 11.5 Å². The summed E-state index contributed by atoms with van der Waals surface area (Å²) in [5, 5.41) is 19.7. The van der Waals surface area contributed by atoms with Crippen molar-refractivity contribution in [1.29, 1.82) is 0 Å². The van der Waals surface area contributed by atoms with Gasteiger partial charge in [0, 0.05) is 11.3 Å². The number of phenols is 1. The summed E-state index contributed by atoms with van der Waals surface area (Å²) in [6, 6.07) is 14.3. The number of quaternary nitrogens is 1. The summed E-state index contributed by atoms with van der Waals surface area (Å²) >= 11 is 0. The van der Waals surface area contributed by atoms with Crippen LogP contribution in [0.3, 0.4) is 0 Å². The predicted molar refractivity (Wildman–Crippen MR) is 104 cm³/mol. The highest BCUT2D eigenvalue weighted by molar-refractivity contribution is 5.94. The molecular weight excluding hydrogens is 344 g/mol. The van der Waals surface area contributed by atoms with Gasteiger partial charge in [-0.25, -0.2) is 0 Å². The molecule has 1 saturated heterocycles. The van der Waals surface area contributed by atoms with Crippen LogP contribution in [-0.2, 0) is 0 Å². The molecule has 0 aromatic heterocycles. The van der Waals surface area contributed by atoms with Gasteiger partial charge in [0.1, 0.15) is 30.8 Å². The normalized spacial score (nSPS) is 16.1. The van der Waals surface area contributed by atoms with Crippen LogP contribution in [0.2, 0.25) is 0 Å². The van der Waals surface area contributed by atoms with Crippen molar-refractivity contribution in [2.75, 3.05) is 44.2 Å². The summed E-state index contributed by atoms with van der Waals surface area (Å²) in [6.45, 7) is 6.08. The first-order valence-electron chi connectivity index (χ1n) is 9.30. The van der Waals surface area contributed by atoms with Crippen molar-refractivity contribution in [1.82, 2.24) is 0 Å². The zero-order valence-electron chi connectivity index (χ0n) is 15.6. The van der Waals surface area contributed by atoms with E-state index < -0.39 is 6.10 Å². The van der Waals surface area contributed by atoms with Crippen LogP contribution < -0.4 is 14.5 Å². The van der Waals surface area contributed by atoms with Crippen molar-refractivity contribution < 1.29 is 24.6 Å². The van der Waals surface area contributed by atoms with E-state index in [4.69, 9.17) is 4.74 Å². The van der Waals surface area contributed by atoms with Crippen LogP contribution in [0.4, 0.5) is 5.69 Å². The van der Waals surface area contributed by atoms with E-state index in [1.54, 1.807) is 36.4 Å². The van der Waals surface area contributed by atoms with Crippen LogP contribution in [0, 0.1) is 0 Å². The summed E-state index contributed by atoms with van der Waals surface area (Å²) in [5.41, 5.74) is 1.72. The third kappa shape index (κ3) is 5.45. The molecule has 0 aliphatic carbocycles. The van der Waals surface area contributed by atoms with Gasteiger partial charge in [-0.05, 0) is 43.3 Å². The topological polar surface area (TPSA) is 74.4 Å². The predicted octanol–water partition coefficient (Wildman–Crippen LogP) is 0.740. The van der Waals surface area contributed by atoms with E-state index in [0.717, 1.165) is 31.9 Å². The highest BCUT2D eigenvalue weighted by Crippen LogP contribution is 2.18. The first kappa shape index (κ1) is 19.2. The number of anilines is 1. The second-order valence-corrected chi connectivity index (χ2v) is 7.01. The summed E-state index contributed by atoms with van der Waals surface area (Å²) < 4.78 is 5.65. The molecule has 0 radical (unpaired) electrons. The quantitative estimate of drug-likeness (QED) is 0.626. The van der Waals surface area contributed by atoms with E-state index in [-0.39, 0.29) is 18.1 Å². The minimum Gasteiger partial charge on any atom is -0.508 e. The van der Waals surface area contributed by atoms with Gasteiger partial charge < -0.3 is 24.7 Å². The largest absolute Gasteiger partial charge is 0.508 e. The molecule has 2 aromatic rings. The van der Waals surface area contributed by atoms with Crippen LogP contribution >= 0.6 is 0 Å². The first-order chi connectivity index (χ1) is 13.0. The molecule has 3 rings (SSSR count). The molecule has 1 aliphatic heterocycles. The molecule has 144 valence electrons. The Kier molecular flexibility index (Phi) is 6.32. The Morgan fingerprint density at radius 3 is 2.56 bits per heavy atom. The van der Waals surface area contributed by atoms with Crippen molar-refractivity contribution in [2.45, 2.75) is 13.0 Å². The maximum atomic E-state index is 11.4. The Labute approximate surface area is 159 Å². The van der Waals surface area contributed by atoms with Crippen molar-refractivity contribution in [3.63, 3.8) is 0 Å². The monoisotopic (exact) mass is 371 g/mol. The van der Waals surface area contributed by atoms with E-state index >= 15 is 0 Å². The number of ether oxygens (including phenoxy) is 1. The summed E-state index contributed by atoms with van der Waals surface area (Å²) in [5.74, 6) is 0.880. The molecule has 0 saturated carbocycles. The van der Waals surface area contributed by atoms with E-state index in [1.807, 2.05) is 12.1 Å². The van der Waals surface area contributed by atoms with Crippen molar-refractivity contribution in [3.8, 4) is 11.5 Å². The number of hydrogen-bond donors (Lipinski definition) is 3. The van der Waals surface area contributed by atoms with Gasteiger partial charge >= 0.3 is 0 Å². The van der Waals surface area contributed by atoms with E-state index in [9.17, 15) is 15.0 Å². The van der Waals surface area contributed by atoms with E-state index in [0.29, 0.717) is 17.9 Å². The number of aromatic hydroxyl groups is 1. The van der Waals surface area contributed by atoms with Crippen LogP contribution in [0.1, 0.15) is 17.3 Å². The number of phenolic OH excluding ortho intramolecular Hbond substituents is 1. The van der Waals surface area contributed by atoms with Gasteiger partial charge in [-0.15, -0.1) is 0 Å². The average molecular weight is 371 g/mol. The Hall–Kier alpha value is -2.57. The Morgan fingerprint density at radius 1 is 1.19 bits per heavy atom. The number of aliphatic hydroxyl groups excluding tert-OH is 1. The molecule has 1 heterocycles. The van der Waals surface area contributed by atoms with Crippen molar-refractivity contribution in [3.05, 3.63) is 54.1 Å². The molecule has 1 fully saturated rings. The fraction of sp³-hybridized carbons (Fsp3) is 0.381. The smallest absolute Gasteiger partial charge is 0.159 e. The first-order valence-corrected chi connectivity index (χ1v) is 9.30. The molecule has 6 heteroatoms. The number of nitrogens with one attached hydrogen (secondary N) is 1. The van der Waals surface area contributed by atoms with E-state index in [1.165, 1.54) is 11.8 Å². The minimum absolute atomic E-state index is 0.00283. The molecule has 0 amide bonds. The van der Waals surface area contributed by atoms with Crippen molar-refractivity contribution in [2.24, 2.45) is 0 Å². The molecule has 1 atom stereocenters. The highest BCUT2D eigenvalue weighted by Gasteiger charge is 2.23. The van der Waals surface area contributed by atoms with Gasteiger partial charge in [0.05, 0.1) is 26.2 Å². The molecule has 0 spiro atoms. The number of benzene rings is 2. The van der Waals surface area contributed by atoms with Crippen LogP contribution in [0.25, 0.3) is 0 Å². The van der Waals surface area contributed by atoms with Gasteiger partial charge in [-0.1, -0.05) is 12.1 Å². The lowest BCUT2D eigenvalue weighted by molar-refractivity contribution is -0.903. The Balaban J connectivity index is 1.43. The number of hydrogen-bond acceptors (Lipinski definition) is 5. The van der Waals surface area contributed by atoms with Gasteiger partial charge in [-0.3, -0.25) is 4.79 Å². The molecule has 6 nitrogen and oxygen atoms in total. The number of piperazine rings is 1. The average Bonchev–Trinajstić information content (AvgIpc) is 2.68. The van der Waals surface area contributed by atoms with Crippen LogP contribution in [-0.4, -0.2) is 61.4 Å². The fourth-order valence-electron chi connectivity index (χ4n) is 3.34. The van der Waals surface area contributed by atoms with Gasteiger partial charge in [0.15, 0.2) is 5.78 Å². The Morgan fingerprint density at radius 2 is 1.89 bits per heavy atom. The molecule has 2 aromatic carbocycles. The lowest BCUT2D eigenvalue weighted by Gasteiger charge is -2.34. The molecule has 0 bridgehead atoms. The molecule has 1 aliphatic rings. The van der Waals surface area contributed by atoms with E-state index in [2.05, 4.69) is 4.90 Å². The number of carbonyl (C=O) groups is 1. The molecule has 0 unspecified atom stereocenters. The molecular formula is C21H27N2O4+. The second kappa shape index (κ2) is 8.88. The number of aliphatic hydroxyl groups is 1. The van der Waals surface area contributed by atoms with Gasteiger partial charge in [0.2, 0.25) is 0 Å². The molecule has 27 heavy (non-hydrogen) atoms. The second-order valence-electron chi connectivity index (χ2n) is 7.01. The lowest BCUT2D eigenvalue weighted by atomic mass is 10.1. The SMILES string of the molecule is CC(=O)c1cccc(OC[C@H](O)C[NH+]2CCN(c3ccc(O)cc3)CC2)c1. The molecule has 3 N–H and O–H groups in total. The summed E-state index contributed by atoms with van der Waals surface area (Å²) in [4.78, 5) is 15.1. The zero-order chi connectivity index (χ0) is 19.2. The zero-order valence-corrected chi connectivity index (χ0v) is 15.6. The fourth-order valence-corrected chi connectivity index (χ4v) is 3.34. The van der Waals surface area contributed by atoms with Crippen LogP contribution in [0.5, 0.6) is 11.5 Å². The van der Waals surface area contributed by atoms with Crippen LogP contribution in [0.15, 0.2) is 48.5 Å². The lowest BCUT2D eigenvalue weighted by Crippen LogP contribution is -3.16. The number of carbonyl (C=O) groups excluding carboxylic acids is 1. The minimum atomic E-state index is -0.554. The maximum absolute atomic E-state index is 11.4. The summed E-state index contributed by atoms with van der Waals surface area (Å²) in [7, 11) is 0. The Bertz CT molecular complexity index is 755. The number of nitrogens with zero attached hydrogens (tertiary/aromatic N) is 1. The van der Waals surface area contributed by atoms with Gasteiger partial charge in [0.25, 0.3) is 0 Å². The number of ketones is 1. The number of Topliss-reactive ketones (excluding diaryl/α,β-unsaturated/α-hetero) is 1. The summed E-state index contributed by atoms with van der Waals surface area (Å²) in [6.07, 6.45) is -0.554. The number of rotatable bonds is 7. The third-order valence-electron chi connectivity index (χ3n) is 4.89.